The fourth-order valence-corrected chi connectivity index (χ4v) is 4.11. The number of hydrogen-bond acceptors (Lipinski definition) is 3. The quantitative estimate of drug-likeness (QED) is 0.605. The fourth-order valence-electron chi connectivity index (χ4n) is 4.11. The number of H-pyrrole nitrogens is 1. The van der Waals surface area contributed by atoms with Crippen molar-refractivity contribution in [2.24, 2.45) is 4.99 Å². The number of hydrogen-bond donors (Lipinski definition) is 2. The summed E-state index contributed by atoms with van der Waals surface area (Å²) in [4.78, 5) is 24.1. The van der Waals surface area contributed by atoms with E-state index in [1.807, 2.05) is 11.1 Å². The van der Waals surface area contributed by atoms with Crippen molar-refractivity contribution in [1.29, 1.82) is 0 Å². The molecule has 1 amide bonds. The molecule has 0 aliphatic carbocycles. The molecule has 0 spiro atoms. The van der Waals surface area contributed by atoms with Crippen LogP contribution in [0.4, 0.5) is 4.39 Å². The van der Waals surface area contributed by atoms with E-state index in [0.29, 0.717) is 26.2 Å². The Morgan fingerprint density at radius 1 is 1.31 bits per heavy atom. The summed E-state index contributed by atoms with van der Waals surface area (Å²) >= 11 is 0. The molecule has 2 aromatic rings. The van der Waals surface area contributed by atoms with Gasteiger partial charge in [-0.2, -0.15) is 0 Å². The number of aliphatic imine (C=N–C) groups is 1. The third-order valence-electron chi connectivity index (χ3n) is 5.71. The van der Waals surface area contributed by atoms with Crippen LogP contribution < -0.4 is 5.32 Å². The van der Waals surface area contributed by atoms with Gasteiger partial charge in [-0.25, -0.2) is 4.39 Å². The first-order valence-corrected chi connectivity index (χ1v) is 10.3. The molecule has 0 saturated carbocycles. The molecule has 2 aliphatic rings. The predicted molar refractivity (Wildman–Crippen MR) is 110 cm³/mol. The van der Waals surface area contributed by atoms with Gasteiger partial charge in [0.05, 0.1) is 0 Å². The van der Waals surface area contributed by atoms with Crippen LogP contribution in [0.1, 0.15) is 18.4 Å². The minimum absolute atomic E-state index is 0.122. The number of nitrogens with one attached hydrogen (secondary N) is 2. The molecule has 1 aromatic carbocycles. The lowest BCUT2D eigenvalue weighted by atomic mass is 10.1. The number of benzene rings is 1. The molecule has 3 heterocycles. The van der Waals surface area contributed by atoms with Crippen molar-refractivity contribution in [3.63, 3.8) is 0 Å². The SMILES string of the molecule is CN=C(NCCc1c[nH]c2ccc(F)cc12)N1CCN(C(=O)C2CCCO2)CC1. The molecule has 4 rings (SSSR count). The number of piperazine rings is 1. The Hall–Kier alpha value is -2.61. The Morgan fingerprint density at radius 3 is 2.83 bits per heavy atom. The average Bonchev–Trinajstić information content (AvgIpc) is 3.41. The van der Waals surface area contributed by atoms with Gasteiger partial charge in [-0.1, -0.05) is 0 Å². The van der Waals surface area contributed by atoms with Gasteiger partial charge in [0.15, 0.2) is 5.96 Å². The van der Waals surface area contributed by atoms with Gasteiger partial charge in [0.25, 0.3) is 5.91 Å². The van der Waals surface area contributed by atoms with E-state index in [1.54, 1.807) is 19.2 Å². The lowest BCUT2D eigenvalue weighted by molar-refractivity contribution is -0.142. The summed E-state index contributed by atoms with van der Waals surface area (Å²) in [7, 11) is 1.77. The number of halogens is 1. The van der Waals surface area contributed by atoms with Gasteiger partial charge >= 0.3 is 0 Å². The van der Waals surface area contributed by atoms with Gasteiger partial charge in [-0.15, -0.1) is 0 Å². The normalized spacial score (nSPS) is 20.5. The maximum absolute atomic E-state index is 13.5. The molecule has 2 N–H and O–H groups in total. The Labute approximate surface area is 169 Å². The summed E-state index contributed by atoms with van der Waals surface area (Å²) in [6, 6.07) is 4.80. The van der Waals surface area contributed by atoms with E-state index < -0.39 is 0 Å². The van der Waals surface area contributed by atoms with Gasteiger partial charge < -0.3 is 24.8 Å². The van der Waals surface area contributed by atoms with E-state index in [-0.39, 0.29) is 17.8 Å². The first kappa shape index (κ1) is 19.7. The van der Waals surface area contributed by atoms with Crippen LogP contribution in [0.15, 0.2) is 29.4 Å². The minimum Gasteiger partial charge on any atom is -0.368 e. The third kappa shape index (κ3) is 4.37. The highest BCUT2D eigenvalue weighted by molar-refractivity contribution is 5.84. The number of fused-ring (bicyclic) bond motifs is 1. The smallest absolute Gasteiger partial charge is 0.251 e. The molecule has 29 heavy (non-hydrogen) atoms. The summed E-state index contributed by atoms with van der Waals surface area (Å²) in [5, 5.41) is 4.32. The van der Waals surface area contributed by atoms with Crippen LogP contribution in [-0.2, 0) is 16.0 Å². The second-order valence-electron chi connectivity index (χ2n) is 7.54. The number of amides is 1. The lowest BCUT2D eigenvalue weighted by Crippen LogP contribution is -2.55. The van der Waals surface area contributed by atoms with Gasteiger partial charge in [0.2, 0.25) is 0 Å². The molecule has 1 unspecified atom stereocenters. The Balaban J connectivity index is 1.27. The maximum atomic E-state index is 13.5. The largest absolute Gasteiger partial charge is 0.368 e. The van der Waals surface area contributed by atoms with Crippen LogP contribution in [0.25, 0.3) is 10.9 Å². The van der Waals surface area contributed by atoms with Crippen molar-refractivity contribution in [1.82, 2.24) is 20.1 Å². The lowest BCUT2D eigenvalue weighted by Gasteiger charge is -2.37. The van der Waals surface area contributed by atoms with Crippen LogP contribution >= 0.6 is 0 Å². The summed E-state index contributed by atoms with van der Waals surface area (Å²) < 4.78 is 19.1. The molecule has 156 valence electrons. The number of rotatable bonds is 4. The fraction of sp³-hybridized carbons (Fsp3) is 0.524. The summed E-state index contributed by atoms with van der Waals surface area (Å²) in [5.41, 5.74) is 2.02. The first-order chi connectivity index (χ1) is 14.2. The standard InChI is InChI=1S/C21H28FN5O2/c1-23-21(24-7-6-15-14-25-18-5-4-16(22)13-17(15)18)27-10-8-26(9-11-27)20(28)19-3-2-12-29-19/h4-5,13-14,19,25H,2-3,6-12H2,1H3,(H,23,24). The zero-order valence-corrected chi connectivity index (χ0v) is 16.8. The second-order valence-corrected chi connectivity index (χ2v) is 7.54. The van der Waals surface area contributed by atoms with Gasteiger partial charge in [0, 0.05) is 63.5 Å². The van der Waals surface area contributed by atoms with E-state index in [9.17, 15) is 9.18 Å². The maximum Gasteiger partial charge on any atom is 0.251 e. The van der Waals surface area contributed by atoms with Crippen molar-refractivity contribution in [2.45, 2.75) is 25.4 Å². The molecule has 0 radical (unpaired) electrons. The molecule has 8 heteroatoms. The molecule has 7 nitrogen and oxygen atoms in total. The number of carbonyl (C=O) groups is 1. The number of nitrogens with zero attached hydrogens (tertiary/aromatic N) is 3. The van der Waals surface area contributed by atoms with Crippen LogP contribution in [0, 0.1) is 5.82 Å². The summed E-state index contributed by atoms with van der Waals surface area (Å²) in [6.07, 6.45) is 4.25. The molecular weight excluding hydrogens is 373 g/mol. The number of guanidine groups is 1. The molecule has 2 fully saturated rings. The summed E-state index contributed by atoms with van der Waals surface area (Å²) in [5.74, 6) is 0.731. The predicted octanol–water partition coefficient (Wildman–Crippen LogP) is 1.75. The van der Waals surface area contributed by atoms with Crippen molar-refractivity contribution in [3.8, 4) is 0 Å². The van der Waals surface area contributed by atoms with Crippen molar-refractivity contribution >= 4 is 22.8 Å². The van der Waals surface area contributed by atoms with E-state index in [2.05, 4.69) is 20.2 Å². The van der Waals surface area contributed by atoms with Gasteiger partial charge in [-0.3, -0.25) is 9.79 Å². The Kier molecular flexibility index (Phi) is 5.99. The van der Waals surface area contributed by atoms with E-state index in [4.69, 9.17) is 4.74 Å². The monoisotopic (exact) mass is 401 g/mol. The van der Waals surface area contributed by atoms with E-state index in [0.717, 1.165) is 54.8 Å². The van der Waals surface area contributed by atoms with Gasteiger partial charge in [-0.05, 0) is 43.0 Å². The van der Waals surface area contributed by atoms with Crippen molar-refractivity contribution in [2.75, 3.05) is 46.4 Å². The second kappa shape index (κ2) is 8.82. The molecular formula is C21H28FN5O2. The topological polar surface area (TPSA) is 73.0 Å². The van der Waals surface area contributed by atoms with Gasteiger partial charge in [0.1, 0.15) is 11.9 Å². The number of aromatic amines is 1. The molecule has 1 aromatic heterocycles. The molecule has 2 saturated heterocycles. The number of carbonyl (C=O) groups excluding carboxylic acids is 1. The minimum atomic E-state index is -0.250. The van der Waals surface area contributed by atoms with Crippen LogP contribution in [0.3, 0.4) is 0 Å². The highest BCUT2D eigenvalue weighted by atomic mass is 19.1. The number of ether oxygens (including phenoxy) is 1. The van der Waals surface area contributed by atoms with Crippen LogP contribution in [-0.4, -0.2) is 79.1 Å². The highest BCUT2D eigenvalue weighted by Gasteiger charge is 2.30. The van der Waals surface area contributed by atoms with Crippen LogP contribution in [0.5, 0.6) is 0 Å². The third-order valence-corrected chi connectivity index (χ3v) is 5.71. The molecule has 0 bridgehead atoms. The zero-order valence-electron chi connectivity index (χ0n) is 16.8. The van der Waals surface area contributed by atoms with Crippen molar-refractivity contribution in [3.05, 3.63) is 35.8 Å². The average molecular weight is 401 g/mol. The Bertz CT molecular complexity index is 882. The van der Waals surface area contributed by atoms with E-state index in [1.165, 1.54) is 6.07 Å². The number of aromatic nitrogens is 1. The first-order valence-electron chi connectivity index (χ1n) is 10.3. The summed E-state index contributed by atoms with van der Waals surface area (Å²) in [6.45, 7) is 4.25. The molecule has 1 atom stereocenters. The Morgan fingerprint density at radius 2 is 2.10 bits per heavy atom. The van der Waals surface area contributed by atoms with Crippen LogP contribution in [0.2, 0.25) is 0 Å². The van der Waals surface area contributed by atoms with Crippen molar-refractivity contribution < 1.29 is 13.9 Å². The van der Waals surface area contributed by atoms with E-state index >= 15 is 0 Å². The zero-order chi connectivity index (χ0) is 20.2. The highest BCUT2D eigenvalue weighted by Crippen LogP contribution is 2.20. The molecule has 2 aliphatic heterocycles.